The molecule has 0 fully saturated rings. The number of nitrogens with zero attached hydrogens (tertiary/aromatic N) is 4. The fourth-order valence-electron chi connectivity index (χ4n) is 1.81. The molecule has 2 N–H and O–H groups in total. The summed E-state index contributed by atoms with van der Waals surface area (Å²) in [5.74, 6) is 0.579. The van der Waals surface area contributed by atoms with Crippen LogP contribution in [0.15, 0.2) is 0 Å². The lowest BCUT2D eigenvalue weighted by atomic mass is 10.3. The lowest BCUT2D eigenvalue weighted by Crippen LogP contribution is -2.29. The Morgan fingerprint density at radius 3 is 2.58 bits per heavy atom. The van der Waals surface area contributed by atoms with E-state index in [2.05, 4.69) is 15.3 Å². The van der Waals surface area contributed by atoms with Crippen LogP contribution in [0.4, 0.5) is 17.5 Å². The van der Waals surface area contributed by atoms with Gasteiger partial charge in [-0.2, -0.15) is 4.98 Å². The molecule has 0 aliphatic carbocycles. The van der Waals surface area contributed by atoms with Gasteiger partial charge in [-0.1, -0.05) is 6.92 Å². The van der Waals surface area contributed by atoms with E-state index in [1.54, 1.807) is 18.9 Å². The smallest absolute Gasteiger partial charge is 0.332 e. The van der Waals surface area contributed by atoms with Crippen molar-refractivity contribution in [2.45, 2.75) is 20.3 Å². The lowest BCUT2D eigenvalue weighted by Gasteiger charge is -2.22. The van der Waals surface area contributed by atoms with E-state index in [-0.39, 0.29) is 18.1 Å². The Morgan fingerprint density at radius 2 is 2.11 bits per heavy atom. The minimum Gasteiger partial charge on any atom is -0.395 e. The summed E-state index contributed by atoms with van der Waals surface area (Å²) in [7, 11) is 1.65. The Balaban J connectivity index is 3.34. The molecule has 1 aromatic heterocycles. The SMILES string of the molecule is CCCN(CCO)c1nc(NC)nc(C)c1[N+](=O)[O-]. The van der Waals surface area contributed by atoms with Crippen molar-refractivity contribution in [1.82, 2.24) is 9.97 Å². The Morgan fingerprint density at radius 1 is 1.42 bits per heavy atom. The minimum absolute atomic E-state index is 0.0882. The van der Waals surface area contributed by atoms with Crippen LogP contribution >= 0.6 is 0 Å². The van der Waals surface area contributed by atoms with Crippen molar-refractivity contribution in [3.8, 4) is 0 Å². The maximum absolute atomic E-state index is 11.2. The van der Waals surface area contributed by atoms with Crippen LogP contribution in [0.25, 0.3) is 0 Å². The number of anilines is 2. The van der Waals surface area contributed by atoms with Crippen LogP contribution < -0.4 is 10.2 Å². The molecule has 0 bridgehead atoms. The second-order valence-corrected chi connectivity index (χ2v) is 4.02. The largest absolute Gasteiger partial charge is 0.395 e. The number of aliphatic hydroxyl groups is 1. The average Bonchev–Trinajstić information content (AvgIpc) is 2.36. The third-order valence-electron chi connectivity index (χ3n) is 2.61. The Hall–Kier alpha value is -1.96. The van der Waals surface area contributed by atoms with Crippen LogP contribution in [0.1, 0.15) is 19.0 Å². The van der Waals surface area contributed by atoms with Crippen LogP contribution in [-0.4, -0.2) is 46.7 Å². The Kier molecular flexibility index (Phi) is 5.43. The Bertz CT molecular complexity index is 446. The Labute approximate surface area is 111 Å². The molecule has 0 saturated heterocycles. The molecule has 0 atom stereocenters. The van der Waals surface area contributed by atoms with Gasteiger partial charge in [0.2, 0.25) is 11.8 Å². The molecule has 8 heteroatoms. The zero-order valence-electron chi connectivity index (χ0n) is 11.4. The number of aliphatic hydroxyl groups excluding tert-OH is 1. The predicted octanol–water partition coefficient (Wildman–Crippen LogP) is 0.944. The number of aryl methyl sites for hydroxylation is 1. The number of rotatable bonds is 7. The predicted molar refractivity (Wildman–Crippen MR) is 72.6 cm³/mol. The number of nitro groups is 1. The lowest BCUT2D eigenvalue weighted by molar-refractivity contribution is -0.385. The average molecular weight is 269 g/mol. The van der Waals surface area contributed by atoms with Crippen LogP contribution in [0.2, 0.25) is 0 Å². The van der Waals surface area contributed by atoms with Crippen molar-refractivity contribution in [2.24, 2.45) is 0 Å². The van der Waals surface area contributed by atoms with Crippen molar-refractivity contribution in [3.63, 3.8) is 0 Å². The van der Waals surface area contributed by atoms with Crippen molar-refractivity contribution < 1.29 is 10.0 Å². The highest BCUT2D eigenvalue weighted by Gasteiger charge is 2.25. The second kappa shape index (κ2) is 6.83. The fraction of sp³-hybridized carbons (Fsp3) is 0.636. The summed E-state index contributed by atoms with van der Waals surface area (Å²) in [4.78, 5) is 20.6. The maximum atomic E-state index is 11.2. The summed E-state index contributed by atoms with van der Waals surface area (Å²) in [6, 6.07) is 0. The highest BCUT2D eigenvalue weighted by molar-refractivity contribution is 5.62. The third kappa shape index (κ3) is 3.50. The summed E-state index contributed by atoms with van der Waals surface area (Å²) in [6.45, 7) is 4.33. The monoisotopic (exact) mass is 269 g/mol. The highest BCUT2D eigenvalue weighted by atomic mass is 16.6. The van der Waals surface area contributed by atoms with Crippen molar-refractivity contribution in [3.05, 3.63) is 15.8 Å². The van der Waals surface area contributed by atoms with E-state index in [4.69, 9.17) is 5.11 Å². The fourth-order valence-corrected chi connectivity index (χ4v) is 1.81. The number of aromatic nitrogens is 2. The molecule has 1 aromatic rings. The van der Waals surface area contributed by atoms with Crippen LogP contribution in [0.5, 0.6) is 0 Å². The normalized spacial score (nSPS) is 10.3. The van der Waals surface area contributed by atoms with E-state index in [0.29, 0.717) is 24.7 Å². The van der Waals surface area contributed by atoms with E-state index >= 15 is 0 Å². The molecule has 0 aliphatic heterocycles. The molecule has 0 aliphatic rings. The van der Waals surface area contributed by atoms with Crippen LogP contribution in [-0.2, 0) is 0 Å². The van der Waals surface area contributed by atoms with Crippen molar-refractivity contribution in [2.75, 3.05) is 37.0 Å². The van der Waals surface area contributed by atoms with Gasteiger partial charge in [0.05, 0.1) is 11.5 Å². The van der Waals surface area contributed by atoms with E-state index in [1.165, 1.54) is 0 Å². The molecule has 0 spiro atoms. The summed E-state index contributed by atoms with van der Waals surface area (Å²) in [5.41, 5.74) is 0.194. The second-order valence-electron chi connectivity index (χ2n) is 4.02. The molecular formula is C11H19N5O3. The van der Waals surface area contributed by atoms with E-state index in [9.17, 15) is 10.1 Å². The van der Waals surface area contributed by atoms with Gasteiger partial charge >= 0.3 is 5.69 Å². The van der Waals surface area contributed by atoms with Gasteiger partial charge in [-0.25, -0.2) is 4.98 Å². The van der Waals surface area contributed by atoms with E-state index in [0.717, 1.165) is 6.42 Å². The molecule has 106 valence electrons. The molecule has 0 radical (unpaired) electrons. The molecule has 0 unspecified atom stereocenters. The summed E-state index contributed by atoms with van der Waals surface area (Å²) < 4.78 is 0. The van der Waals surface area contributed by atoms with Crippen LogP contribution in [0.3, 0.4) is 0 Å². The number of nitrogens with one attached hydrogen (secondary N) is 1. The van der Waals surface area contributed by atoms with Gasteiger partial charge in [0.15, 0.2) is 0 Å². The molecule has 0 aromatic carbocycles. The molecule has 0 saturated carbocycles. The highest BCUT2D eigenvalue weighted by Crippen LogP contribution is 2.29. The molecule has 0 amide bonds. The van der Waals surface area contributed by atoms with E-state index < -0.39 is 4.92 Å². The molecule has 1 heterocycles. The quantitative estimate of drug-likeness (QED) is 0.560. The summed E-state index contributed by atoms with van der Waals surface area (Å²) in [5, 5.41) is 23.0. The van der Waals surface area contributed by atoms with Gasteiger partial charge < -0.3 is 15.3 Å². The zero-order chi connectivity index (χ0) is 14.4. The maximum Gasteiger partial charge on any atom is 0.332 e. The van der Waals surface area contributed by atoms with Crippen molar-refractivity contribution >= 4 is 17.5 Å². The first kappa shape index (κ1) is 15.1. The molecule has 8 nitrogen and oxygen atoms in total. The minimum atomic E-state index is -0.482. The molecule has 1 rings (SSSR count). The zero-order valence-corrected chi connectivity index (χ0v) is 11.4. The van der Waals surface area contributed by atoms with Gasteiger partial charge in [-0.15, -0.1) is 0 Å². The van der Waals surface area contributed by atoms with Gasteiger partial charge in [-0.05, 0) is 13.3 Å². The summed E-state index contributed by atoms with van der Waals surface area (Å²) >= 11 is 0. The van der Waals surface area contributed by atoms with Crippen LogP contribution in [0, 0.1) is 17.0 Å². The first-order chi connectivity index (χ1) is 9.04. The standard InChI is InChI=1S/C11H19N5O3/c1-4-5-15(6-7-17)10-9(16(18)19)8(2)13-11(12-3)14-10/h17H,4-7H2,1-3H3,(H,12,13,14). The third-order valence-corrected chi connectivity index (χ3v) is 2.61. The van der Waals surface area contributed by atoms with Gasteiger partial charge in [0.25, 0.3) is 0 Å². The number of hydrogen-bond donors (Lipinski definition) is 2. The summed E-state index contributed by atoms with van der Waals surface area (Å²) in [6.07, 6.45) is 0.801. The van der Waals surface area contributed by atoms with Gasteiger partial charge in [0.1, 0.15) is 5.69 Å². The van der Waals surface area contributed by atoms with Gasteiger partial charge in [-0.3, -0.25) is 10.1 Å². The molecular weight excluding hydrogens is 250 g/mol. The topological polar surface area (TPSA) is 104 Å². The molecule has 19 heavy (non-hydrogen) atoms. The van der Waals surface area contributed by atoms with E-state index in [1.807, 2.05) is 6.92 Å². The first-order valence-electron chi connectivity index (χ1n) is 6.11. The van der Waals surface area contributed by atoms with Crippen molar-refractivity contribution in [1.29, 1.82) is 0 Å². The van der Waals surface area contributed by atoms with Gasteiger partial charge in [0, 0.05) is 20.1 Å². The first-order valence-corrected chi connectivity index (χ1v) is 6.11. The number of hydrogen-bond acceptors (Lipinski definition) is 7.